The number of halogens is 1. The van der Waals surface area contributed by atoms with E-state index in [0.29, 0.717) is 28.1 Å². The predicted molar refractivity (Wildman–Crippen MR) is 86.8 cm³/mol. The van der Waals surface area contributed by atoms with E-state index in [1.54, 1.807) is 48.5 Å². The van der Waals surface area contributed by atoms with Crippen LogP contribution in [0.4, 0.5) is 0 Å². The van der Waals surface area contributed by atoms with Gasteiger partial charge in [-0.25, -0.2) is 0 Å². The van der Waals surface area contributed by atoms with E-state index in [1.165, 1.54) is 4.90 Å². The molecule has 5 heteroatoms. The van der Waals surface area contributed by atoms with E-state index in [2.05, 4.69) is 0 Å². The highest BCUT2D eigenvalue weighted by atomic mass is 35.5. The van der Waals surface area contributed by atoms with Gasteiger partial charge in [0.05, 0.1) is 11.1 Å². The number of ketones is 1. The first-order chi connectivity index (χ1) is 11.1. The van der Waals surface area contributed by atoms with E-state index in [9.17, 15) is 14.4 Å². The van der Waals surface area contributed by atoms with E-state index in [0.717, 1.165) is 0 Å². The highest BCUT2D eigenvalue weighted by molar-refractivity contribution is 6.30. The van der Waals surface area contributed by atoms with Crippen molar-refractivity contribution in [1.29, 1.82) is 0 Å². The van der Waals surface area contributed by atoms with Crippen molar-refractivity contribution < 1.29 is 14.4 Å². The van der Waals surface area contributed by atoms with Gasteiger partial charge in [-0.05, 0) is 42.8 Å². The maximum atomic E-state index is 12.2. The van der Waals surface area contributed by atoms with Crippen LogP contribution in [-0.4, -0.2) is 29.0 Å². The lowest BCUT2D eigenvalue weighted by Crippen LogP contribution is -2.31. The molecule has 0 aliphatic carbocycles. The van der Waals surface area contributed by atoms with Crippen molar-refractivity contribution in [3.63, 3.8) is 0 Å². The molecular formula is C18H14ClNO3. The number of amides is 2. The molecule has 0 fully saturated rings. The molecule has 3 rings (SSSR count). The summed E-state index contributed by atoms with van der Waals surface area (Å²) >= 11 is 5.79. The van der Waals surface area contributed by atoms with Crippen LogP contribution in [0.25, 0.3) is 0 Å². The number of carbonyl (C=O) groups is 3. The van der Waals surface area contributed by atoms with Crippen molar-refractivity contribution in [2.45, 2.75) is 12.8 Å². The van der Waals surface area contributed by atoms with Crippen LogP contribution in [-0.2, 0) is 0 Å². The van der Waals surface area contributed by atoms with Crippen LogP contribution < -0.4 is 0 Å². The maximum Gasteiger partial charge on any atom is 0.261 e. The van der Waals surface area contributed by atoms with Gasteiger partial charge in [-0.1, -0.05) is 23.7 Å². The lowest BCUT2D eigenvalue weighted by Gasteiger charge is -2.13. The first kappa shape index (κ1) is 15.4. The van der Waals surface area contributed by atoms with Crippen molar-refractivity contribution in [3.8, 4) is 0 Å². The van der Waals surface area contributed by atoms with E-state index < -0.39 is 0 Å². The second-order valence-corrected chi connectivity index (χ2v) is 5.78. The molecule has 4 nitrogen and oxygen atoms in total. The third-order valence-electron chi connectivity index (χ3n) is 3.83. The number of rotatable bonds is 5. The summed E-state index contributed by atoms with van der Waals surface area (Å²) < 4.78 is 0. The van der Waals surface area contributed by atoms with Gasteiger partial charge in [-0.15, -0.1) is 0 Å². The zero-order valence-corrected chi connectivity index (χ0v) is 13.0. The Bertz CT molecular complexity index is 748. The van der Waals surface area contributed by atoms with Gasteiger partial charge in [0.25, 0.3) is 11.8 Å². The van der Waals surface area contributed by atoms with Gasteiger partial charge in [0.1, 0.15) is 0 Å². The average molecular weight is 328 g/mol. The third kappa shape index (κ3) is 3.03. The molecule has 0 unspecified atom stereocenters. The highest BCUT2D eigenvalue weighted by Gasteiger charge is 2.34. The molecule has 2 amide bonds. The van der Waals surface area contributed by atoms with Crippen LogP contribution in [0.1, 0.15) is 43.9 Å². The SMILES string of the molecule is O=C(CCCN1C(=O)c2ccccc2C1=O)c1ccc(Cl)cc1. The van der Waals surface area contributed by atoms with Crippen LogP contribution in [0.3, 0.4) is 0 Å². The number of benzene rings is 2. The van der Waals surface area contributed by atoms with Crippen molar-refractivity contribution >= 4 is 29.2 Å². The van der Waals surface area contributed by atoms with Crippen LogP contribution in [0, 0.1) is 0 Å². The van der Waals surface area contributed by atoms with Crippen molar-refractivity contribution in [2.75, 3.05) is 6.54 Å². The molecular weight excluding hydrogens is 314 g/mol. The molecule has 2 aromatic carbocycles. The standard InChI is InChI=1S/C18H14ClNO3/c19-13-9-7-12(8-10-13)16(21)6-3-11-20-17(22)14-4-1-2-5-15(14)18(20)23/h1-2,4-5,7-10H,3,6,11H2. The number of fused-ring (bicyclic) bond motifs is 1. The second kappa shape index (κ2) is 6.34. The van der Waals surface area contributed by atoms with Gasteiger partial charge < -0.3 is 0 Å². The summed E-state index contributed by atoms with van der Waals surface area (Å²) in [6.07, 6.45) is 0.710. The normalized spacial score (nSPS) is 13.3. The third-order valence-corrected chi connectivity index (χ3v) is 4.08. The van der Waals surface area contributed by atoms with E-state index in [4.69, 9.17) is 11.6 Å². The number of imide groups is 1. The van der Waals surface area contributed by atoms with Gasteiger partial charge in [0.2, 0.25) is 0 Å². The first-order valence-corrected chi connectivity index (χ1v) is 7.70. The molecule has 0 radical (unpaired) electrons. The molecule has 2 aromatic rings. The lowest BCUT2D eigenvalue weighted by molar-refractivity contribution is 0.0647. The fourth-order valence-corrected chi connectivity index (χ4v) is 2.75. The quantitative estimate of drug-likeness (QED) is 0.623. The van der Waals surface area contributed by atoms with Crippen molar-refractivity contribution in [2.24, 2.45) is 0 Å². The molecule has 1 aliphatic heterocycles. The predicted octanol–water partition coefficient (Wildman–Crippen LogP) is 3.60. The number of hydrogen-bond acceptors (Lipinski definition) is 3. The summed E-state index contributed by atoms with van der Waals surface area (Å²) in [5.74, 6) is -0.604. The van der Waals surface area contributed by atoms with Crippen molar-refractivity contribution in [1.82, 2.24) is 4.90 Å². The Hall–Kier alpha value is -2.46. The van der Waals surface area contributed by atoms with Gasteiger partial charge >= 0.3 is 0 Å². The number of Topliss-reactive ketones (excluding diaryl/α,β-unsaturated/α-hetero) is 1. The van der Waals surface area contributed by atoms with E-state index in [-0.39, 0.29) is 30.6 Å². The zero-order chi connectivity index (χ0) is 16.4. The van der Waals surface area contributed by atoms with Crippen LogP contribution in [0.15, 0.2) is 48.5 Å². The lowest BCUT2D eigenvalue weighted by atomic mass is 10.1. The minimum atomic E-state index is -0.287. The largest absolute Gasteiger partial charge is 0.294 e. The summed E-state index contributed by atoms with van der Waals surface area (Å²) in [6.45, 7) is 0.242. The Morgan fingerprint density at radius 1 is 0.913 bits per heavy atom. The molecule has 116 valence electrons. The molecule has 23 heavy (non-hydrogen) atoms. The summed E-state index contributed by atoms with van der Waals surface area (Å²) in [6, 6.07) is 13.4. The molecule has 0 N–H and O–H groups in total. The fourth-order valence-electron chi connectivity index (χ4n) is 2.62. The van der Waals surface area contributed by atoms with E-state index >= 15 is 0 Å². The Balaban J connectivity index is 1.60. The molecule has 0 bridgehead atoms. The molecule has 1 aliphatic rings. The summed E-state index contributed by atoms with van der Waals surface area (Å²) in [7, 11) is 0. The number of nitrogens with zero attached hydrogens (tertiary/aromatic N) is 1. The van der Waals surface area contributed by atoms with E-state index in [1.807, 2.05) is 0 Å². The van der Waals surface area contributed by atoms with Gasteiger partial charge in [-0.2, -0.15) is 0 Å². The smallest absolute Gasteiger partial charge is 0.261 e. The molecule has 0 saturated carbocycles. The first-order valence-electron chi connectivity index (χ1n) is 7.32. The summed E-state index contributed by atoms with van der Waals surface area (Å²) in [5.41, 5.74) is 1.44. The maximum absolute atomic E-state index is 12.2. The molecule has 0 atom stereocenters. The van der Waals surface area contributed by atoms with Crippen LogP contribution >= 0.6 is 11.6 Å². The second-order valence-electron chi connectivity index (χ2n) is 5.34. The number of carbonyl (C=O) groups excluding carboxylic acids is 3. The Morgan fingerprint density at radius 3 is 2.04 bits per heavy atom. The Labute approximate surface area is 138 Å². The van der Waals surface area contributed by atoms with Crippen molar-refractivity contribution in [3.05, 3.63) is 70.2 Å². The molecule has 0 aromatic heterocycles. The molecule has 1 heterocycles. The minimum absolute atomic E-state index is 0.0294. The highest BCUT2D eigenvalue weighted by Crippen LogP contribution is 2.23. The van der Waals surface area contributed by atoms with Gasteiger partial charge in [0.15, 0.2) is 5.78 Å². The molecule has 0 spiro atoms. The van der Waals surface area contributed by atoms with Gasteiger partial charge in [-0.3, -0.25) is 19.3 Å². The Kier molecular flexibility index (Phi) is 4.26. The average Bonchev–Trinajstić information content (AvgIpc) is 2.81. The topological polar surface area (TPSA) is 54.5 Å². The molecule has 0 saturated heterocycles. The van der Waals surface area contributed by atoms with Crippen LogP contribution in [0.2, 0.25) is 5.02 Å². The fraction of sp³-hybridized carbons (Fsp3) is 0.167. The monoisotopic (exact) mass is 327 g/mol. The van der Waals surface area contributed by atoms with Crippen LogP contribution in [0.5, 0.6) is 0 Å². The summed E-state index contributed by atoms with van der Waals surface area (Å²) in [5, 5.41) is 0.576. The minimum Gasteiger partial charge on any atom is -0.294 e. The Morgan fingerprint density at radius 2 is 1.48 bits per heavy atom. The zero-order valence-electron chi connectivity index (χ0n) is 12.3. The van der Waals surface area contributed by atoms with Gasteiger partial charge in [0, 0.05) is 23.6 Å². The number of hydrogen-bond donors (Lipinski definition) is 0. The summed E-state index contributed by atoms with van der Waals surface area (Å²) in [4.78, 5) is 37.7.